The molecule has 0 saturated heterocycles. The first-order valence-corrected chi connectivity index (χ1v) is 10.8. The van der Waals surface area contributed by atoms with Crippen molar-refractivity contribution >= 4 is 39.6 Å². The smallest absolute Gasteiger partial charge is 0.283 e. The van der Waals surface area contributed by atoms with Crippen LogP contribution < -0.4 is 10.9 Å². The Kier molecular flexibility index (Phi) is 5.24. The lowest BCUT2D eigenvalue weighted by Crippen LogP contribution is -2.26. The van der Waals surface area contributed by atoms with Crippen LogP contribution >= 0.6 is 11.8 Å². The molecule has 0 saturated carbocycles. The number of hydrogen-bond donors (Lipinski definition) is 2. The van der Waals surface area contributed by atoms with Gasteiger partial charge >= 0.3 is 0 Å². The van der Waals surface area contributed by atoms with Crippen LogP contribution in [0.15, 0.2) is 81.3 Å². The van der Waals surface area contributed by atoms with Crippen molar-refractivity contribution in [1.29, 1.82) is 0 Å². The summed E-state index contributed by atoms with van der Waals surface area (Å²) in [6.07, 6.45) is 1.53. The highest BCUT2D eigenvalue weighted by Crippen LogP contribution is 2.27. The summed E-state index contributed by atoms with van der Waals surface area (Å²) in [6, 6.07) is 16.9. The van der Waals surface area contributed by atoms with Crippen LogP contribution in [0.2, 0.25) is 0 Å². The second-order valence-corrected chi connectivity index (χ2v) is 7.97. The zero-order valence-corrected chi connectivity index (χ0v) is 17.5. The van der Waals surface area contributed by atoms with Crippen LogP contribution in [0, 0.1) is 5.82 Å². The highest BCUT2D eigenvalue weighted by atomic mass is 32.2. The molecule has 0 bridgehead atoms. The number of aromatic nitrogens is 3. The van der Waals surface area contributed by atoms with Crippen LogP contribution in [0.25, 0.3) is 27.6 Å². The van der Waals surface area contributed by atoms with Crippen LogP contribution in [-0.4, -0.2) is 26.2 Å². The van der Waals surface area contributed by atoms with Gasteiger partial charge in [0.15, 0.2) is 5.16 Å². The Morgan fingerprint density at radius 3 is 2.75 bits per heavy atom. The Hall–Kier alpha value is -3.85. The van der Waals surface area contributed by atoms with E-state index < -0.39 is 11.4 Å². The molecule has 0 radical (unpaired) electrons. The molecule has 2 aromatic carbocycles. The number of nitrogens with one attached hydrogen (secondary N) is 2. The predicted molar refractivity (Wildman–Crippen MR) is 120 cm³/mol. The Bertz CT molecular complexity index is 1490. The summed E-state index contributed by atoms with van der Waals surface area (Å²) >= 11 is 1.07. The van der Waals surface area contributed by atoms with Gasteiger partial charge in [0.25, 0.3) is 5.56 Å². The second kappa shape index (κ2) is 8.35. The van der Waals surface area contributed by atoms with E-state index in [9.17, 15) is 14.0 Å². The quantitative estimate of drug-likeness (QED) is 0.303. The first kappa shape index (κ1) is 20.1. The van der Waals surface area contributed by atoms with Crippen LogP contribution in [0.4, 0.5) is 4.39 Å². The van der Waals surface area contributed by atoms with Gasteiger partial charge in [-0.15, -0.1) is 0 Å². The number of amides is 1. The number of rotatable bonds is 6. The Morgan fingerprint density at radius 1 is 1.12 bits per heavy atom. The number of nitrogens with zero attached hydrogens (tertiary/aromatic N) is 2. The highest BCUT2D eigenvalue weighted by Gasteiger charge is 2.19. The predicted octanol–water partition coefficient (Wildman–Crippen LogP) is 4.01. The van der Waals surface area contributed by atoms with E-state index >= 15 is 0 Å². The minimum absolute atomic E-state index is 0.00450. The minimum atomic E-state index is -0.559. The molecule has 5 rings (SSSR count). The summed E-state index contributed by atoms with van der Waals surface area (Å²) in [6.45, 7) is 0.251. The van der Waals surface area contributed by atoms with Crippen LogP contribution in [-0.2, 0) is 11.3 Å². The first-order chi connectivity index (χ1) is 15.6. The number of thioether (sulfide) groups is 1. The number of para-hydroxylation sites is 2. The summed E-state index contributed by atoms with van der Waals surface area (Å²) in [7, 11) is 0. The van der Waals surface area contributed by atoms with Gasteiger partial charge < -0.3 is 14.7 Å². The lowest BCUT2D eigenvalue weighted by molar-refractivity contribution is -0.118. The molecule has 0 fully saturated rings. The van der Waals surface area contributed by atoms with Crippen LogP contribution in [0.5, 0.6) is 0 Å². The lowest BCUT2D eigenvalue weighted by Gasteiger charge is -2.12. The number of carbonyl (C=O) groups excluding carboxylic acids is 1. The number of H-pyrrole nitrogens is 1. The summed E-state index contributed by atoms with van der Waals surface area (Å²) in [5, 5.41) is 3.76. The first-order valence-electron chi connectivity index (χ1n) is 9.82. The molecule has 5 aromatic rings. The Balaban J connectivity index is 1.55. The SMILES string of the molecule is O=C(CSc1nc2c([nH]c3ccccc32)c(=O)n1-c1ccccc1F)NCc1ccco1. The fourth-order valence-electron chi connectivity index (χ4n) is 3.46. The van der Waals surface area contributed by atoms with E-state index in [1.54, 1.807) is 24.3 Å². The van der Waals surface area contributed by atoms with Crippen molar-refractivity contribution in [2.75, 3.05) is 5.75 Å². The fourth-order valence-corrected chi connectivity index (χ4v) is 4.29. The van der Waals surface area contributed by atoms with Gasteiger partial charge in [-0.25, -0.2) is 9.37 Å². The summed E-state index contributed by atoms with van der Waals surface area (Å²) < 4.78 is 21.0. The van der Waals surface area contributed by atoms with E-state index in [-0.39, 0.29) is 34.6 Å². The molecule has 0 atom stereocenters. The van der Waals surface area contributed by atoms with Crippen molar-refractivity contribution in [2.24, 2.45) is 0 Å². The van der Waals surface area contributed by atoms with Gasteiger partial charge in [-0.05, 0) is 30.3 Å². The van der Waals surface area contributed by atoms with Gasteiger partial charge in [0.05, 0.1) is 24.2 Å². The van der Waals surface area contributed by atoms with Gasteiger partial charge in [-0.2, -0.15) is 0 Å². The monoisotopic (exact) mass is 448 g/mol. The number of carbonyl (C=O) groups is 1. The number of aromatic amines is 1. The zero-order valence-electron chi connectivity index (χ0n) is 16.7. The minimum Gasteiger partial charge on any atom is -0.467 e. The van der Waals surface area contributed by atoms with Gasteiger partial charge in [0.2, 0.25) is 5.91 Å². The molecule has 2 N–H and O–H groups in total. The number of benzene rings is 2. The maximum absolute atomic E-state index is 14.6. The van der Waals surface area contributed by atoms with E-state index in [1.807, 2.05) is 24.3 Å². The molecule has 0 aliphatic carbocycles. The van der Waals surface area contributed by atoms with Gasteiger partial charge in [0, 0.05) is 10.9 Å². The maximum Gasteiger partial charge on any atom is 0.283 e. The third-order valence-corrected chi connectivity index (χ3v) is 5.90. The van der Waals surface area contributed by atoms with Crippen molar-refractivity contribution in [2.45, 2.75) is 11.7 Å². The second-order valence-electron chi connectivity index (χ2n) is 7.03. The summed E-state index contributed by atoms with van der Waals surface area (Å²) in [5.74, 6) is -0.198. The number of furan rings is 1. The molecule has 0 aliphatic heterocycles. The molecule has 32 heavy (non-hydrogen) atoms. The number of halogens is 1. The van der Waals surface area contributed by atoms with Gasteiger partial charge in [-0.3, -0.25) is 14.2 Å². The molecule has 1 amide bonds. The van der Waals surface area contributed by atoms with Crippen molar-refractivity contribution in [1.82, 2.24) is 19.9 Å². The molecule has 7 nitrogen and oxygen atoms in total. The summed E-state index contributed by atoms with van der Waals surface area (Å²) in [4.78, 5) is 33.5. The number of hydrogen-bond acceptors (Lipinski definition) is 5. The molecule has 0 unspecified atom stereocenters. The average Bonchev–Trinajstić information content (AvgIpc) is 3.45. The van der Waals surface area contributed by atoms with Crippen molar-refractivity contribution in [3.8, 4) is 5.69 Å². The highest BCUT2D eigenvalue weighted by molar-refractivity contribution is 7.99. The average molecular weight is 448 g/mol. The van der Waals surface area contributed by atoms with E-state index in [2.05, 4.69) is 15.3 Å². The van der Waals surface area contributed by atoms with Crippen LogP contribution in [0.1, 0.15) is 5.76 Å². The molecule has 0 aliphatic rings. The van der Waals surface area contributed by atoms with E-state index in [4.69, 9.17) is 4.42 Å². The van der Waals surface area contributed by atoms with Crippen molar-refractivity contribution in [3.63, 3.8) is 0 Å². The molecule has 3 aromatic heterocycles. The topological polar surface area (TPSA) is 92.9 Å². The molecule has 9 heteroatoms. The molecule has 160 valence electrons. The van der Waals surface area contributed by atoms with Crippen molar-refractivity contribution < 1.29 is 13.6 Å². The van der Waals surface area contributed by atoms with Crippen molar-refractivity contribution in [3.05, 3.63) is 88.9 Å². The summed E-state index contributed by atoms with van der Waals surface area (Å²) in [5.41, 5.74) is 1.15. The Morgan fingerprint density at radius 2 is 1.94 bits per heavy atom. The number of fused-ring (bicyclic) bond motifs is 3. The zero-order chi connectivity index (χ0) is 22.1. The Labute approximate surface area is 185 Å². The van der Waals surface area contributed by atoms with E-state index in [0.29, 0.717) is 11.3 Å². The largest absolute Gasteiger partial charge is 0.467 e. The molecule has 3 heterocycles. The van der Waals surface area contributed by atoms with Gasteiger partial charge in [0.1, 0.15) is 22.6 Å². The standard InChI is InChI=1S/C23H17FN4O3S/c24-16-8-2-4-10-18(16)28-22(30)21-20(15-7-1-3-9-17(15)26-21)27-23(28)32-13-19(29)25-12-14-6-5-11-31-14/h1-11,26H,12-13H2,(H,25,29). The fraction of sp³-hybridized carbons (Fsp3) is 0.0870. The third-order valence-electron chi connectivity index (χ3n) is 4.96. The normalized spacial score (nSPS) is 11.3. The van der Waals surface area contributed by atoms with E-state index in [1.165, 1.54) is 23.0 Å². The maximum atomic E-state index is 14.6. The molecular formula is C23H17FN4O3S. The van der Waals surface area contributed by atoms with Gasteiger partial charge in [-0.1, -0.05) is 42.1 Å². The molecule has 0 spiro atoms. The van der Waals surface area contributed by atoms with Crippen LogP contribution in [0.3, 0.4) is 0 Å². The third kappa shape index (κ3) is 3.67. The molecular weight excluding hydrogens is 431 g/mol. The lowest BCUT2D eigenvalue weighted by atomic mass is 10.2. The van der Waals surface area contributed by atoms with E-state index in [0.717, 1.165) is 22.7 Å².